The Morgan fingerprint density at radius 2 is 1.79 bits per heavy atom. The molecule has 1 saturated heterocycles. The number of nitrogens with one attached hydrogen (secondary N) is 2. The van der Waals surface area contributed by atoms with E-state index in [0.717, 1.165) is 58.2 Å². The van der Waals surface area contributed by atoms with Gasteiger partial charge >= 0.3 is 0 Å². The largest absolute Gasteiger partial charge is 0.379 e. The fourth-order valence-electron chi connectivity index (χ4n) is 2.68. The standard InChI is InChI=1S/C18H30N4O.HI/c1-19-18(21-11-9-17-7-3-2-4-8-17)20-10-5-6-12-22-13-15-23-16-14-22;/h2-4,7-8H,5-6,9-16H2,1H3,(H2,19,20,21);1H. The van der Waals surface area contributed by atoms with Gasteiger partial charge in [0.1, 0.15) is 0 Å². The number of ether oxygens (including phenoxy) is 1. The quantitative estimate of drug-likeness (QED) is 0.278. The number of nitrogens with zero attached hydrogens (tertiary/aromatic N) is 2. The summed E-state index contributed by atoms with van der Waals surface area (Å²) in [6.07, 6.45) is 3.39. The number of hydrogen-bond donors (Lipinski definition) is 2. The van der Waals surface area contributed by atoms with Crippen molar-refractivity contribution in [3.63, 3.8) is 0 Å². The van der Waals surface area contributed by atoms with Gasteiger partial charge in [-0.05, 0) is 31.4 Å². The van der Waals surface area contributed by atoms with Crippen LogP contribution in [0.4, 0.5) is 0 Å². The van der Waals surface area contributed by atoms with E-state index in [1.165, 1.54) is 18.5 Å². The van der Waals surface area contributed by atoms with Crippen molar-refractivity contribution in [1.29, 1.82) is 0 Å². The van der Waals surface area contributed by atoms with Gasteiger partial charge in [0.2, 0.25) is 0 Å². The third-order valence-electron chi connectivity index (χ3n) is 4.07. The monoisotopic (exact) mass is 446 g/mol. The molecule has 0 atom stereocenters. The molecule has 1 heterocycles. The summed E-state index contributed by atoms with van der Waals surface area (Å²) in [5, 5.41) is 6.76. The number of guanidine groups is 1. The average Bonchev–Trinajstić information content (AvgIpc) is 2.61. The van der Waals surface area contributed by atoms with Crippen LogP contribution >= 0.6 is 24.0 Å². The Hall–Kier alpha value is -0.860. The van der Waals surface area contributed by atoms with Gasteiger partial charge in [0.15, 0.2) is 5.96 Å². The molecule has 1 aliphatic heterocycles. The molecule has 0 aromatic heterocycles. The second-order valence-electron chi connectivity index (χ2n) is 5.82. The molecule has 0 saturated carbocycles. The third-order valence-corrected chi connectivity index (χ3v) is 4.07. The molecule has 0 aliphatic carbocycles. The van der Waals surface area contributed by atoms with Gasteiger partial charge in [0.05, 0.1) is 13.2 Å². The van der Waals surface area contributed by atoms with Crippen molar-refractivity contribution < 1.29 is 4.74 Å². The fourth-order valence-corrected chi connectivity index (χ4v) is 2.68. The Kier molecular flexibility index (Phi) is 11.9. The highest BCUT2D eigenvalue weighted by Gasteiger charge is 2.08. The van der Waals surface area contributed by atoms with E-state index in [4.69, 9.17) is 4.74 Å². The van der Waals surface area contributed by atoms with Gasteiger partial charge in [-0.25, -0.2) is 0 Å². The molecular formula is C18H31IN4O. The molecule has 5 nitrogen and oxygen atoms in total. The van der Waals surface area contributed by atoms with Gasteiger partial charge in [0.25, 0.3) is 0 Å². The Morgan fingerprint density at radius 3 is 2.50 bits per heavy atom. The van der Waals surface area contributed by atoms with Gasteiger partial charge < -0.3 is 15.4 Å². The zero-order valence-corrected chi connectivity index (χ0v) is 17.0. The average molecular weight is 446 g/mol. The molecule has 2 rings (SSSR count). The second-order valence-corrected chi connectivity index (χ2v) is 5.82. The maximum absolute atomic E-state index is 5.36. The van der Waals surface area contributed by atoms with Crippen LogP contribution in [0.15, 0.2) is 35.3 Å². The molecule has 0 amide bonds. The van der Waals surface area contributed by atoms with Crippen molar-refractivity contribution in [2.24, 2.45) is 4.99 Å². The molecule has 1 aromatic carbocycles. The summed E-state index contributed by atoms with van der Waals surface area (Å²) in [6, 6.07) is 10.5. The summed E-state index contributed by atoms with van der Waals surface area (Å²) in [6.45, 7) is 6.97. The first-order valence-corrected chi connectivity index (χ1v) is 8.67. The molecular weight excluding hydrogens is 415 g/mol. The highest BCUT2D eigenvalue weighted by molar-refractivity contribution is 14.0. The molecule has 0 unspecified atom stereocenters. The Labute approximate surface area is 163 Å². The maximum Gasteiger partial charge on any atom is 0.190 e. The van der Waals surface area contributed by atoms with Crippen LogP contribution in [-0.4, -0.2) is 63.8 Å². The van der Waals surface area contributed by atoms with Crippen molar-refractivity contribution in [1.82, 2.24) is 15.5 Å². The van der Waals surface area contributed by atoms with Crippen LogP contribution < -0.4 is 10.6 Å². The van der Waals surface area contributed by atoms with Gasteiger partial charge in [0, 0.05) is 33.2 Å². The van der Waals surface area contributed by atoms with E-state index in [-0.39, 0.29) is 24.0 Å². The van der Waals surface area contributed by atoms with Gasteiger partial charge in [-0.1, -0.05) is 30.3 Å². The van der Waals surface area contributed by atoms with E-state index in [1.807, 2.05) is 13.1 Å². The summed E-state index contributed by atoms with van der Waals surface area (Å²) in [7, 11) is 1.82. The van der Waals surface area contributed by atoms with Gasteiger partial charge in [-0.2, -0.15) is 0 Å². The highest BCUT2D eigenvalue weighted by atomic mass is 127. The van der Waals surface area contributed by atoms with E-state index in [9.17, 15) is 0 Å². The van der Waals surface area contributed by atoms with Crippen LogP contribution in [-0.2, 0) is 11.2 Å². The summed E-state index contributed by atoms with van der Waals surface area (Å²) < 4.78 is 5.36. The summed E-state index contributed by atoms with van der Waals surface area (Å²) >= 11 is 0. The zero-order valence-electron chi connectivity index (χ0n) is 14.7. The molecule has 24 heavy (non-hydrogen) atoms. The number of rotatable bonds is 8. The van der Waals surface area contributed by atoms with Crippen LogP contribution in [0.3, 0.4) is 0 Å². The lowest BCUT2D eigenvalue weighted by atomic mass is 10.1. The smallest absolute Gasteiger partial charge is 0.190 e. The van der Waals surface area contributed by atoms with Crippen molar-refractivity contribution in [3.8, 4) is 0 Å². The maximum atomic E-state index is 5.36. The van der Waals surface area contributed by atoms with Crippen LogP contribution in [0, 0.1) is 0 Å². The highest BCUT2D eigenvalue weighted by Crippen LogP contribution is 2.00. The lowest BCUT2D eigenvalue weighted by Gasteiger charge is -2.26. The molecule has 1 fully saturated rings. The molecule has 0 radical (unpaired) electrons. The van der Waals surface area contributed by atoms with Crippen LogP contribution in [0.1, 0.15) is 18.4 Å². The summed E-state index contributed by atoms with van der Waals surface area (Å²) in [5.41, 5.74) is 1.35. The number of aliphatic imine (C=N–C) groups is 1. The van der Waals surface area contributed by atoms with E-state index in [0.29, 0.717) is 0 Å². The molecule has 136 valence electrons. The van der Waals surface area contributed by atoms with Gasteiger partial charge in [-0.3, -0.25) is 9.89 Å². The van der Waals surface area contributed by atoms with E-state index in [1.54, 1.807) is 0 Å². The van der Waals surface area contributed by atoms with Gasteiger partial charge in [-0.15, -0.1) is 24.0 Å². The van der Waals surface area contributed by atoms with Crippen molar-refractivity contribution in [3.05, 3.63) is 35.9 Å². The molecule has 0 bridgehead atoms. The lowest BCUT2D eigenvalue weighted by Crippen LogP contribution is -2.39. The molecule has 1 aromatic rings. The first-order valence-electron chi connectivity index (χ1n) is 8.67. The number of benzene rings is 1. The minimum Gasteiger partial charge on any atom is -0.379 e. The topological polar surface area (TPSA) is 48.9 Å². The van der Waals surface area contributed by atoms with E-state index in [2.05, 4.69) is 44.8 Å². The molecule has 1 aliphatic rings. The van der Waals surface area contributed by atoms with Crippen LogP contribution in [0.2, 0.25) is 0 Å². The minimum atomic E-state index is 0. The summed E-state index contributed by atoms with van der Waals surface area (Å²) in [4.78, 5) is 6.76. The van der Waals surface area contributed by atoms with Crippen molar-refractivity contribution >= 4 is 29.9 Å². The number of unbranched alkanes of at least 4 members (excludes halogenated alkanes) is 1. The Bertz CT molecular complexity index is 450. The van der Waals surface area contributed by atoms with E-state index >= 15 is 0 Å². The first kappa shape index (κ1) is 21.2. The summed E-state index contributed by atoms with van der Waals surface area (Å²) in [5.74, 6) is 0.896. The molecule has 2 N–H and O–H groups in total. The number of morpholine rings is 1. The Morgan fingerprint density at radius 1 is 1.08 bits per heavy atom. The van der Waals surface area contributed by atoms with Crippen molar-refractivity contribution in [2.75, 3.05) is 53.0 Å². The molecule has 6 heteroatoms. The molecule has 0 spiro atoms. The minimum absolute atomic E-state index is 0. The predicted molar refractivity (Wildman–Crippen MR) is 111 cm³/mol. The second kappa shape index (κ2) is 13.4. The van der Waals surface area contributed by atoms with Crippen LogP contribution in [0.5, 0.6) is 0 Å². The normalized spacial score (nSPS) is 15.6. The lowest BCUT2D eigenvalue weighted by molar-refractivity contribution is 0.0372. The zero-order chi connectivity index (χ0) is 16.2. The van der Waals surface area contributed by atoms with E-state index < -0.39 is 0 Å². The fraction of sp³-hybridized carbons (Fsp3) is 0.611. The Balaban J connectivity index is 0.00000288. The number of halogens is 1. The van der Waals surface area contributed by atoms with Crippen LogP contribution in [0.25, 0.3) is 0 Å². The SMILES string of the molecule is CN=C(NCCCCN1CCOCC1)NCCc1ccccc1.I. The predicted octanol–water partition coefficient (Wildman–Crippen LogP) is 2.12. The third kappa shape index (κ3) is 8.84. The van der Waals surface area contributed by atoms with Crippen molar-refractivity contribution in [2.45, 2.75) is 19.3 Å². The number of hydrogen-bond acceptors (Lipinski definition) is 3. The first-order chi connectivity index (χ1) is 11.4.